The van der Waals surface area contributed by atoms with Crippen LogP contribution in [0.5, 0.6) is 0 Å². The van der Waals surface area contributed by atoms with Crippen LogP contribution in [0.4, 0.5) is 0 Å². The Morgan fingerprint density at radius 1 is 0.696 bits per heavy atom. The highest BCUT2D eigenvalue weighted by Crippen LogP contribution is 2.36. The van der Waals surface area contributed by atoms with Gasteiger partial charge in [-0.05, 0) is 98.6 Å². The Hall–Kier alpha value is -0.120. The zero-order valence-electron chi connectivity index (χ0n) is 16.4. The van der Waals surface area contributed by atoms with Crippen molar-refractivity contribution in [1.29, 1.82) is 0 Å². The number of hydrogen-bond acceptors (Lipinski definition) is 3. The second-order valence-corrected chi connectivity index (χ2v) is 8.61. The van der Waals surface area contributed by atoms with E-state index in [1.807, 2.05) is 0 Å². The van der Waals surface area contributed by atoms with Crippen LogP contribution in [0.1, 0.15) is 65.2 Å². The molecule has 136 valence electrons. The zero-order chi connectivity index (χ0) is 16.8. The van der Waals surface area contributed by atoms with Gasteiger partial charge in [-0.3, -0.25) is 0 Å². The van der Waals surface area contributed by atoms with E-state index in [-0.39, 0.29) is 0 Å². The van der Waals surface area contributed by atoms with E-state index in [1.165, 1.54) is 71.0 Å². The van der Waals surface area contributed by atoms with Crippen molar-refractivity contribution in [3.05, 3.63) is 0 Å². The van der Waals surface area contributed by atoms with Gasteiger partial charge in [-0.25, -0.2) is 0 Å². The maximum absolute atomic E-state index is 2.60. The molecule has 4 saturated heterocycles. The van der Waals surface area contributed by atoms with Crippen molar-refractivity contribution in [2.24, 2.45) is 5.92 Å². The van der Waals surface area contributed by atoms with Crippen LogP contribution in [0.3, 0.4) is 0 Å². The molecule has 0 aliphatic carbocycles. The van der Waals surface area contributed by atoms with Gasteiger partial charge in [-0.1, -0.05) is 13.3 Å². The average Bonchev–Trinajstić information content (AvgIpc) is 2.76. The van der Waals surface area contributed by atoms with Gasteiger partial charge in [0.25, 0.3) is 0 Å². The van der Waals surface area contributed by atoms with Gasteiger partial charge >= 0.3 is 0 Å². The minimum absolute atomic E-state index is 0.866. The van der Waals surface area contributed by atoms with Crippen molar-refractivity contribution in [2.45, 2.75) is 83.3 Å². The Kier molecular flexibility index (Phi) is 7.84. The molecule has 0 aromatic heterocycles. The van der Waals surface area contributed by atoms with E-state index >= 15 is 0 Å². The molecule has 4 heterocycles. The molecule has 3 unspecified atom stereocenters. The van der Waals surface area contributed by atoms with Crippen molar-refractivity contribution < 1.29 is 0 Å². The molecular weight excluding hydrogens is 282 g/mol. The molecule has 0 radical (unpaired) electrons. The van der Waals surface area contributed by atoms with E-state index in [9.17, 15) is 0 Å². The summed E-state index contributed by atoms with van der Waals surface area (Å²) >= 11 is 0. The molecule has 23 heavy (non-hydrogen) atoms. The Morgan fingerprint density at radius 2 is 1.22 bits per heavy atom. The summed E-state index contributed by atoms with van der Waals surface area (Å²) in [5, 5.41) is 0. The van der Waals surface area contributed by atoms with E-state index in [4.69, 9.17) is 0 Å². The molecule has 0 amide bonds. The molecule has 4 aliphatic rings. The van der Waals surface area contributed by atoms with Crippen LogP contribution in [0.2, 0.25) is 0 Å². The van der Waals surface area contributed by atoms with Crippen LogP contribution in [0.15, 0.2) is 0 Å². The van der Waals surface area contributed by atoms with Crippen molar-refractivity contribution in [2.75, 3.05) is 40.8 Å². The molecule has 2 bridgehead atoms. The summed E-state index contributed by atoms with van der Waals surface area (Å²) in [6.45, 7) is 8.60. The Balaban J connectivity index is 0.000000131. The maximum Gasteiger partial charge on any atom is 0.00982 e. The molecule has 0 aromatic rings. The first-order valence-corrected chi connectivity index (χ1v) is 10.1. The Labute approximate surface area is 145 Å². The second-order valence-electron chi connectivity index (χ2n) is 8.61. The average molecular weight is 324 g/mol. The molecule has 4 aliphatic heterocycles. The smallest absolute Gasteiger partial charge is 0.00982 e. The molecule has 4 rings (SSSR count). The molecular formula is C20H41N3. The van der Waals surface area contributed by atoms with E-state index in [0.717, 1.165) is 24.0 Å². The topological polar surface area (TPSA) is 9.72 Å². The van der Waals surface area contributed by atoms with Gasteiger partial charge in [0.2, 0.25) is 0 Å². The van der Waals surface area contributed by atoms with Gasteiger partial charge in [0.1, 0.15) is 0 Å². The van der Waals surface area contributed by atoms with Crippen LogP contribution in [0.25, 0.3) is 0 Å². The molecule has 4 fully saturated rings. The first-order valence-electron chi connectivity index (χ1n) is 10.1. The van der Waals surface area contributed by atoms with Crippen molar-refractivity contribution in [3.8, 4) is 0 Å². The van der Waals surface area contributed by atoms with Crippen LogP contribution in [0, 0.1) is 5.92 Å². The first-order chi connectivity index (χ1) is 11.0. The van der Waals surface area contributed by atoms with Gasteiger partial charge in [0, 0.05) is 18.1 Å². The third-order valence-electron chi connectivity index (χ3n) is 6.57. The fraction of sp³-hybridized carbons (Fsp3) is 1.00. The SMILES string of the molecule is CC1CC2CCC(C1)N2C.CC1CCN1C.CN1CCCCC1. The Bertz CT molecular complexity index is 305. The largest absolute Gasteiger partial charge is 0.306 e. The minimum atomic E-state index is 0.866. The monoisotopic (exact) mass is 323 g/mol. The summed E-state index contributed by atoms with van der Waals surface area (Å²) in [6, 6.07) is 2.74. The highest BCUT2D eigenvalue weighted by atomic mass is 15.2. The quantitative estimate of drug-likeness (QED) is 0.673. The summed E-state index contributed by atoms with van der Waals surface area (Å²) in [5.74, 6) is 0.994. The lowest BCUT2D eigenvalue weighted by molar-refractivity contribution is 0.142. The zero-order valence-corrected chi connectivity index (χ0v) is 16.4. The van der Waals surface area contributed by atoms with Crippen molar-refractivity contribution >= 4 is 0 Å². The minimum Gasteiger partial charge on any atom is -0.306 e. The lowest BCUT2D eigenvalue weighted by Gasteiger charge is -2.34. The number of nitrogens with zero attached hydrogens (tertiary/aromatic N) is 3. The maximum atomic E-state index is 2.60. The van der Waals surface area contributed by atoms with Gasteiger partial charge in [-0.15, -0.1) is 0 Å². The van der Waals surface area contributed by atoms with E-state index in [1.54, 1.807) is 0 Å². The summed E-state index contributed by atoms with van der Waals surface area (Å²) in [5.41, 5.74) is 0. The predicted molar refractivity (Wildman–Crippen MR) is 101 cm³/mol. The number of rotatable bonds is 0. The van der Waals surface area contributed by atoms with Crippen LogP contribution < -0.4 is 0 Å². The highest BCUT2D eigenvalue weighted by molar-refractivity contribution is 4.91. The summed E-state index contributed by atoms with van der Waals surface area (Å²) in [7, 11) is 6.65. The number of fused-ring (bicyclic) bond motifs is 2. The van der Waals surface area contributed by atoms with Crippen LogP contribution in [-0.4, -0.2) is 73.6 Å². The van der Waals surface area contributed by atoms with Gasteiger partial charge in [0.15, 0.2) is 0 Å². The number of piperidine rings is 2. The van der Waals surface area contributed by atoms with Crippen molar-refractivity contribution in [3.63, 3.8) is 0 Å². The predicted octanol–water partition coefficient (Wildman–Crippen LogP) is 3.69. The van der Waals surface area contributed by atoms with Gasteiger partial charge in [-0.2, -0.15) is 0 Å². The third kappa shape index (κ3) is 6.03. The van der Waals surface area contributed by atoms with E-state index < -0.39 is 0 Å². The highest BCUT2D eigenvalue weighted by Gasteiger charge is 2.36. The van der Waals surface area contributed by atoms with Crippen LogP contribution in [-0.2, 0) is 0 Å². The third-order valence-corrected chi connectivity index (χ3v) is 6.57. The fourth-order valence-corrected chi connectivity index (χ4v) is 4.38. The fourth-order valence-electron chi connectivity index (χ4n) is 4.38. The summed E-state index contributed by atoms with van der Waals surface area (Å²) in [6.07, 6.45) is 11.5. The summed E-state index contributed by atoms with van der Waals surface area (Å²) in [4.78, 5) is 7.34. The molecule has 0 N–H and O–H groups in total. The molecule has 3 heteroatoms. The van der Waals surface area contributed by atoms with E-state index in [0.29, 0.717) is 0 Å². The van der Waals surface area contributed by atoms with Crippen molar-refractivity contribution in [1.82, 2.24) is 14.7 Å². The second kappa shape index (κ2) is 9.39. The summed E-state index contributed by atoms with van der Waals surface area (Å²) < 4.78 is 0. The normalized spacial score (nSPS) is 38.0. The van der Waals surface area contributed by atoms with Gasteiger partial charge < -0.3 is 14.7 Å². The van der Waals surface area contributed by atoms with Gasteiger partial charge in [0.05, 0.1) is 0 Å². The molecule has 0 saturated carbocycles. The standard InChI is InChI=1S/C9H17N.C6H13N.C5H11N/c1-7-5-8-3-4-9(6-7)10(8)2;1-7-5-3-2-4-6-7;1-5-3-4-6(5)2/h7-9H,3-6H2,1-2H3;2-6H2,1H3;5H,3-4H2,1-2H3. The van der Waals surface area contributed by atoms with Crippen LogP contribution >= 0.6 is 0 Å². The molecule has 0 spiro atoms. The van der Waals surface area contributed by atoms with E-state index in [2.05, 4.69) is 49.7 Å². The molecule has 3 nitrogen and oxygen atoms in total. The Morgan fingerprint density at radius 3 is 1.52 bits per heavy atom. The lowest BCUT2D eigenvalue weighted by atomic mass is 9.93. The lowest BCUT2D eigenvalue weighted by Crippen LogP contribution is -2.41. The number of hydrogen-bond donors (Lipinski definition) is 0. The first kappa shape index (κ1) is 19.2. The number of likely N-dealkylation sites (tertiary alicyclic amines) is 2. The molecule has 3 atom stereocenters. The molecule has 0 aromatic carbocycles.